The fourth-order valence-electron chi connectivity index (χ4n) is 11.5. The van der Waals surface area contributed by atoms with E-state index in [0.717, 1.165) is 70.6 Å². The highest BCUT2D eigenvalue weighted by Crippen LogP contribution is 2.19. The molecule has 0 aromatic rings. The number of unbranched alkanes of at least 4 members (excludes halogenated alkanes) is 46. The van der Waals surface area contributed by atoms with Crippen LogP contribution in [-0.4, -0.2) is 82.3 Å². The lowest BCUT2D eigenvalue weighted by molar-refractivity contribution is -0.870. The van der Waals surface area contributed by atoms with E-state index in [-0.39, 0.29) is 32.2 Å². The molecule has 0 saturated heterocycles. The first-order chi connectivity index (χ1) is 44.6. The molecule has 0 spiro atoms. The second-order valence-corrected chi connectivity index (χ2v) is 27.6. The lowest BCUT2D eigenvalue weighted by Gasteiger charge is -2.26. The Balaban J connectivity index is 3.99. The molecule has 9 nitrogen and oxygen atoms in total. The summed E-state index contributed by atoms with van der Waals surface area (Å²) < 4.78 is 22.9. The normalized spacial score (nSPS) is 13.0. The van der Waals surface area contributed by atoms with Crippen molar-refractivity contribution in [3.63, 3.8) is 0 Å². The first kappa shape index (κ1) is 87.7. The Morgan fingerprint density at radius 2 is 0.626 bits per heavy atom. The summed E-state index contributed by atoms with van der Waals surface area (Å²) in [7, 11) is 5.94. The minimum Gasteiger partial charge on any atom is -0.545 e. The van der Waals surface area contributed by atoms with E-state index < -0.39 is 24.3 Å². The van der Waals surface area contributed by atoms with Gasteiger partial charge in [0.25, 0.3) is 0 Å². The summed E-state index contributed by atoms with van der Waals surface area (Å²) >= 11 is 0. The molecule has 9 heteroatoms. The number of quaternary nitrogens is 1. The highest BCUT2D eigenvalue weighted by atomic mass is 16.7. The molecule has 0 saturated carbocycles. The van der Waals surface area contributed by atoms with Gasteiger partial charge in [0, 0.05) is 12.8 Å². The number of nitrogens with zero attached hydrogens (tertiary/aromatic N) is 1. The van der Waals surface area contributed by atoms with Gasteiger partial charge in [-0.15, -0.1) is 0 Å². The van der Waals surface area contributed by atoms with Crippen molar-refractivity contribution in [1.82, 2.24) is 0 Å². The molecule has 0 N–H and O–H groups in total. The van der Waals surface area contributed by atoms with E-state index in [4.69, 9.17) is 18.9 Å². The molecular weight excluding hydrogens is 1130 g/mol. The second-order valence-electron chi connectivity index (χ2n) is 27.6. The van der Waals surface area contributed by atoms with Gasteiger partial charge in [-0.25, -0.2) is 0 Å². The number of esters is 2. The van der Waals surface area contributed by atoms with E-state index in [1.807, 2.05) is 21.1 Å². The third kappa shape index (κ3) is 74.0. The average molecular weight is 1280 g/mol. The molecule has 0 aliphatic carbocycles. The van der Waals surface area contributed by atoms with Crippen LogP contribution in [0.2, 0.25) is 0 Å². The number of carboxylic acid groups (broad SMARTS) is 1. The summed E-state index contributed by atoms with van der Waals surface area (Å²) in [5.41, 5.74) is 0. The van der Waals surface area contributed by atoms with Crippen molar-refractivity contribution in [1.29, 1.82) is 0 Å². The van der Waals surface area contributed by atoms with Crippen LogP contribution in [0.5, 0.6) is 0 Å². The van der Waals surface area contributed by atoms with Gasteiger partial charge in [0.15, 0.2) is 12.4 Å². The number of aliphatic carboxylic acids is 1. The zero-order chi connectivity index (χ0) is 66.1. The number of carbonyl (C=O) groups excluding carboxylic acids is 3. The largest absolute Gasteiger partial charge is 0.545 e. The van der Waals surface area contributed by atoms with Gasteiger partial charge < -0.3 is 33.3 Å². The van der Waals surface area contributed by atoms with E-state index in [0.29, 0.717) is 23.9 Å². The smallest absolute Gasteiger partial charge is 0.306 e. The SMILES string of the molecule is CC/C=C\C/C=C\C/C=C\C/C=C\C/C=C\CCCCCCCCCCCCCCCC(=O)OC(COC(=O)CCCCCCCCCCCCCCCCCCCCCCCCCCC/C=C\CCCCCCCCCC)COC(OCC[N+](C)(C)C)C(=O)[O-]. The predicted octanol–water partition coefficient (Wildman–Crippen LogP) is 23.5. The van der Waals surface area contributed by atoms with Crippen LogP contribution in [0.15, 0.2) is 72.9 Å². The van der Waals surface area contributed by atoms with Crippen molar-refractivity contribution in [2.45, 2.75) is 386 Å². The molecule has 0 aromatic heterocycles. The van der Waals surface area contributed by atoms with E-state index in [2.05, 4.69) is 86.8 Å². The van der Waals surface area contributed by atoms with Crippen LogP contribution in [-0.2, 0) is 33.3 Å². The van der Waals surface area contributed by atoms with E-state index in [9.17, 15) is 19.5 Å². The topological polar surface area (TPSA) is 111 Å². The summed E-state index contributed by atoms with van der Waals surface area (Å²) in [6.45, 7) is 4.69. The van der Waals surface area contributed by atoms with Crippen LogP contribution in [0.4, 0.5) is 0 Å². The van der Waals surface area contributed by atoms with E-state index >= 15 is 0 Å². The second kappa shape index (κ2) is 72.6. The van der Waals surface area contributed by atoms with Crippen LogP contribution < -0.4 is 5.11 Å². The number of allylic oxidation sites excluding steroid dienone is 12. The number of rotatable bonds is 73. The van der Waals surface area contributed by atoms with Crippen molar-refractivity contribution in [2.24, 2.45) is 0 Å². The van der Waals surface area contributed by atoms with Gasteiger partial charge in [-0.05, 0) is 83.5 Å². The number of carboxylic acids is 1. The third-order valence-electron chi connectivity index (χ3n) is 17.4. The predicted molar refractivity (Wildman–Crippen MR) is 389 cm³/mol. The van der Waals surface area contributed by atoms with Crippen molar-refractivity contribution in [3.8, 4) is 0 Å². The van der Waals surface area contributed by atoms with Crippen LogP contribution in [0.1, 0.15) is 373 Å². The number of likely N-dealkylation sites (N-methyl/N-ethyl adjacent to an activating group) is 1. The quantitative estimate of drug-likeness (QED) is 0.0195. The van der Waals surface area contributed by atoms with Crippen molar-refractivity contribution in [3.05, 3.63) is 72.9 Å². The van der Waals surface area contributed by atoms with Crippen molar-refractivity contribution >= 4 is 17.9 Å². The molecule has 0 bridgehead atoms. The molecule has 0 heterocycles. The molecule has 0 radical (unpaired) electrons. The van der Waals surface area contributed by atoms with Gasteiger partial charge in [-0.2, -0.15) is 0 Å². The molecular formula is C82H149NO8. The monoisotopic (exact) mass is 1280 g/mol. The van der Waals surface area contributed by atoms with Crippen molar-refractivity contribution < 1.29 is 42.9 Å². The fraction of sp³-hybridized carbons (Fsp3) is 0.817. The Morgan fingerprint density at radius 1 is 0.341 bits per heavy atom. The molecule has 530 valence electrons. The molecule has 0 fully saturated rings. The van der Waals surface area contributed by atoms with Crippen LogP contribution in [0.25, 0.3) is 0 Å². The summed E-state index contributed by atoms with van der Waals surface area (Å²) in [5, 5.41) is 11.8. The fourth-order valence-corrected chi connectivity index (χ4v) is 11.5. The lowest BCUT2D eigenvalue weighted by atomic mass is 10.0. The molecule has 91 heavy (non-hydrogen) atoms. The lowest BCUT2D eigenvalue weighted by Crippen LogP contribution is -2.44. The molecule has 0 aromatic carbocycles. The summed E-state index contributed by atoms with van der Waals surface area (Å²) in [4.78, 5) is 37.6. The van der Waals surface area contributed by atoms with Crippen LogP contribution >= 0.6 is 0 Å². The Hall–Kier alpha value is -3.27. The van der Waals surface area contributed by atoms with Gasteiger partial charge in [0.1, 0.15) is 13.2 Å². The zero-order valence-corrected chi connectivity index (χ0v) is 60.7. The zero-order valence-electron chi connectivity index (χ0n) is 60.7. The van der Waals surface area contributed by atoms with Gasteiger partial charge >= 0.3 is 11.9 Å². The minimum atomic E-state index is -1.62. The highest BCUT2D eigenvalue weighted by Gasteiger charge is 2.22. The van der Waals surface area contributed by atoms with Crippen LogP contribution in [0, 0.1) is 0 Å². The van der Waals surface area contributed by atoms with Crippen molar-refractivity contribution in [2.75, 3.05) is 47.5 Å². The standard InChI is InChI=1S/C82H149NO8/c1-6-8-10-12-14-16-18-20-22-24-26-28-30-32-34-36-37-38-39-40-41-42-43-45-46-48-50-52-54-56-58-60-62-64-66-68-70-72-79(84)89-76-78(77-90-82(81(86)87)88-75-74-83(3,4)5)91-80(85)73-71-69-67-65-63-61-59-57-55-53-51-49-47-44-35-33-31-29-27-25-23-21-19-17-15-13-11-9-7-2/h9,11,15,17,21,23-24,26-27,29,33,35,78,82H,6-8,10,12-14,16,18-20,22,25,28,30-32,34,36-77H2,1-5H3/b11-9-,17-15-,23-21-,26-24-,29-27-,35-33-. The van der Waals surface area contributed by atoms with Gasteiger partial charge in [0.05, 0.1) is 40.3 Å². The number of ether oxygens (including phenoxy) is 4. The maximum atomic E-state index is 13.0. The summed E-state index contributed by atoms with van der Waals surface area (Å²) in [5.74, 6) is -2.26. The Bertz CT molecular complexity index is 1730. The molecule has 0 amide bonds. The number of hydrogen-bond acceptors (Lipinski definition) is 8. The first-order valence-corrected chi connectivity index (χ1v) is 39.1. The van der Waals surface area contributed by atoms with Gasteiger partial charge in [0.2, 0.25) is 0 Å². The number of hydrogen-bond donors (Lipinski definition) is 0. The van der Waals surface area contributed by atoms with E-state index in [1.54, 1.807) is 0 Å². The molecule has 0 rings (SSSR count). The molecule has 0 aliphatic heterocycles. The minimum absolute atomic E-state index is 0.147. The average Bonchev–Trinajstić information content (AvgIpc) is 3.66. The summed E-state index contributed by atoms with van der Waals surface area (Å²) in [6, 6.07) is 0. The summed E-state index contributed by atoms with van der Waals surface area (Å²) in [6.07, 6.45) is 94.5. The van der Waals surface area contributed by atoms with Gasteiger partial charge in [-0.3, -0.25) is 9.59 Å². The maximum absolute atomic E-state index is 13.0. The first-order valence-electron chi connectivity index (χ1n) is 39.1. The van der Waals surface area contributed by atoms with E-state index in [1.165, 1.54) is 270 Å². The molecule has 2 unspecified atom stereocenters. The Morgan fingerprint density at radius 3 is 0.945 bits per heavy atom. The highest BCUT2D eigenvalue weighted by molar-refractivity contribution is 5.70. The Labute approximate surface area is 564 Å². The number of carbonyl (C=O) groups is 3. The van der Waals surface area contributed by atoms with Crippen LogP contribution in [0.3, 0.4) is 0 Å². The molecule has 0 aliphatic rings. The molecule has 2 atom stereocenters. The Kier molecular flexibility index (Phi) is 69.9. The maximum Gasteiger partial charge on any atom is 0.306 e. The van der Waals surface area contributed by atoms with Gasteiger partial charge in [-0.1, -0.05) is 350 Å². The third-order valence-corrected chi connectivity index (χ3v) is 17.4.